The number of carbonyl (C=O) groups is 1. The zero-order valence-electron chi connectivity index (χ0n) is 20.3. The van der Waals surface area contributed by atoms with Gasteiger partial charge in [-0.1, -0.05) is 39.0 Å². The van der Waals surface area contributed by atoms with E-state index in [9.17, 15) is 14.0 Å². The number of furan rings is 1. The van der Waals surface area contributed by atoms with Crippen LogP contribution in [0, 0.1) is 19.7 Å². The molecule has 4 aromatic rings. The van der Waals surface area contributed by atoms with Gasteiger partial charge in [-0.25, -0.2) is 9.18 Å². The zero-order valence-corrected chi connectivity index (χ0v) is 20.3. The van der Waals surface area contributed by atoms with Crippen molar-refractivity contribution in [3.63, 3.8) is 0 Å². The molecule has 0 aliphatic rings. The summed E-state index contributed by atoms with van der Waals surface area (Å²) in [7, 11) is 0. The summed E-state index contributed by atoms with van der Waals surface area (Å²) in [6.07, 6.45) is 2.60. The van der Waals surface area contributed by atoms with Gasteiger partial charge in [0.1, 0.15) is 17.0 Å². The van der Waals surface area contributed by atoms with Crippen molar-refractivity contribution in [2.45, 2.75) is 59.3 Å². The van der Waals surface area contributed by atoms with Crippen molar-refractivity contribution >= 4 is 27.8 Å². The van der Waals surface area contributed by atoms with Crippen LogP contribution in [0.3, 0.4) is 0 Å². The molecule has 1 N–H and O–H groups in total. The molecular formula is C28H30FNO4. The quantitative estimate of drug-likeness (QED) is 0.362. The highest BCUT2D eigenvalue weighted by atomic mass is 19.1. The first-order valence-corrected chi connectivity index (χ1v) is 11.6. The highest BCUT2D eigenvalue weighted by Gasteiger charge is 2.23. The molecule has 0 radical (unpaired) electrons. The maximum Gasteiger partial charge on any atom is 0.339 e. The van der Waals surface area contributed by atoms with E-state index in [1.54, 1.807) is 24.5 Å². The summed E-state index contributed by atoms with van der Waals surface area (Å²) in [5.74, 6) is -0.468. The molecule has 0 fully saturated rings. The first-order chi connectivity index (χ1) is 16.1. The number of carbonyl (C=O) groups excluding carboxylic acids is 1. The van der Waals surface area contributed by atoms with E-state index >= 15 is 0 Å². The van der Waals surface area contributed by atoms with E-state index < -0.39 is 5.63 Å². The summed E-state index contributed by atoms with van der Waals surface area (Å²) in [5.41, 5.74) is 4.46. The number of fused-ring (bicyclic) bond motifs is 2. The molecule has 6 heteroatoms. The van der Waals surface area contributed by atoms with Crippen molar-refractivity contribution in [1.29, 1.82) is 0 Å². The molecule has 178 valence electrons. The van der Waals surface area contributed by atoms with Gasteiger partial charge in [0.25, 0.3) is 0 Å². The molecule has 0 bridgehead atoms. The van der Waals surface area contributed by atoms with Crippen LogP contribution in [-0.2, 0) is 23.1 Å². The second kappa shape index (κ2) is 9.09. The zero-order chi connectivity index (χ0) is 24.6. The van der Waals surface area contributed by atoms with E-state index in [2.05, 4.69) is 26.1 Å². The van der Waals surface area contributed by atoms with Gasteiger partial charge < -0.3 is 14.2 Å². The second-order valence-electron chi connectivity index (χ2n) is 9.84. The van der Waals surface area contributed by atoms with E-state index in [4.69, 9.17) is 8.83 Å². The smallest absolute Gasteiger partial charge is 0.339 e. The third-order valence-electron chi connectivity index (χ3n) is 6.43. The van der Waals surface area contributed by atoms with E-state index in [1.807, 2.05) is 19.9 Å². The Balaban J connectivity index is 1.55. The summed E-state index contributed by atoms with van der Waals surface area (Å²) >= 11 is 0. The molecular weight excluding hydrogens is 433 g/mol. The van der Waals surface area contributed by atoms with E-state index in [1.165, 1.54) is 6.07 Å². The monoisotopic (exact) mass is 463 g/mol. The highest BCUT2D eigenvalue weighted by Crippen LogP contribution is 2.37. The van der Waals surface area contributed by atoms with Gasteiger partial charge in [-0.2, -0.15) is 0 Å². The van der Waals surface area contributed by atoms with Crippen molar-refractivity contribution in [2.24, 2.45) is 0 Å². The molecule has 0 saturated heterocycles. The Bertz CT molecular complexity index is 1440. The largest absolute Gasteiger partial charge is 0.464 e. The Hall–Kier alpha value is -3.41. The van der Waals surface area contributed by atoms with Crippen molar-refractivity contribution in [2.75, 3.05) is 6.54 Å². The first-order valence-electron chi connectivity index (χ1n) is 11.6. The number of amides is 1. The maximum atomic E-state index is 13.7. The third kappa shape index (κ3) is 4.49. The predicted octanol–water partition coefficient (Wildman–Crippen LogP) is 5.88. The molecule has 4 rings (SSSR count). The minimum absolute atomic E-state index is 0.0987. The molecule has 34 heavy (non-hydrogen) atoms. The van der Waals surface area contributed by atoms with E-state index in [0.29, 0.717) is 29.7 Å². The van der Waals surface area contributed by atoms with Gasteiger partial charge in [-0.3, -0.25) is 4.79 Å². The van der Waals surface area contributed by atoms with Crippen LogP contribution >= 0.6 is 0 Å². The van der Waals surface area contributed by atoms with E-state index in [0.717, 1.165) is 33.0 Å². The lowest BCUT2D eigenvalue weighted by Crippen LogP contribution is -2.27. The number of benzene rings is 2. The Labute approximate surface area is 198 Å². The normalized spacial score (nSPS) is 11.9. The summed E-state index contributed by atoms with van der Waals surface area (Å²) < 4.78 is 25.3. The van der Waals surface area contributed by atoms with Crippen LogP contribution in [-0.4, -0.2) is 12.5 Å². The first kappa shape index (κ1) is 23.7. The Kier molecular flexibility index (Phi) is 6.34. The summed E-state index contributed by atoms with van der Waals surface area (Å²) in [6.45, 7) is 10.5. The summed E-state index contributed by atoms with van der Waals surface area (Å²) in [4.78, 5) is 25.2. The Morgan fingerprint density at radius 1 is 1.03 bits per heavy atom. The fraction of sp³-hybridized carbons (Fsp3) is 0.357. The van der Waals surface area contributed by atoms with Crippen LogP contribution in [0.25, 0.3) is 21.9 Å². The summed E-state index contributed by atoms with van der Waals surface area (Å²) in [5, 5.41) is 4.67. The number of hydrogen-bond donors (Lipinski definition) is 1. The van der Waals surface area contributed by atoms with Crippen molar-refractivity contribution in [3.05, 3.63) is 80.6 Å². The fourth-order valence-electron chi connectivity index (χ4n) is 4.43. The molecule has 2 aromatic heterocycles. The molecule has 0 atom stereocenters. The van der Waals surface area contributed by atoms with Crippen molar-refractivity contribution < 1.29 is 18.0 Å². The van der Waals surface area contributed by atoms with Gasteiger partial charge in [0.15, 0.2) is 0 Å². The number of rotatable bonds is 6. The number of nitrogens with one attached hydrogen (secondary N) is 1. The van der Waals surface area contributed by atoms with Gasteiger partial charge >= 0.3 is 5.63 Å². The van der Waals surface area contributed by atoms with Crippen LogP contribution in [0.2, 0.25) is 0 Å². The Morgan fingerprint density at radius 3 is 2.47 bits per heavy atom. The van der Waals surface area contributed by atoms with Gasteiger partial charge in [-0.05, 0) is 55.4 Å². The topological polar surface area (TPSA) is 72.5 Å². The van der Waals surface area contributed by atoms with Crippen LogP contribution in [0.15, 0.2) is 50.2 Å². The van der Waals surface area contributed by atoms with E-state index in [-0.39, 0.29) is 30.0 Å². The summed E-state index contributed by atoms with van der Waals surface area (Å²) in [6, 6.07) is 8.54. The molecule has 0 aliphatic heterocycles. The predicted molar refractivity (Wildman–Crippen MR) is 132 cm³/mol. The second-order valence-corrected chi connectivity index (χ2v) is 9.84. The number of hydrogen-bond acceptors (Lipinski definition) is 4. The van der Waals surface area contributed by atoms with Crippen LogP contribution in [0.4, 0.5) is 4.39 Å². The van der Waals surface area contributed by atoms with Crippen LogP contribution in [0.5, 0.6) is 0 Å². The van der Waals surface area contributed by atoms with Crippen LogP contribution < -0.4 is 10.9 Å². The minimum Gasteiger partial charge on any atom is -0.464 e. The SMILES string of the molecule is Cc1c(CCC(=O)NCCc2ccccc2F)c(=O)oc2c(C)c3occ(C(C)(C)C)c3cc12. The lowest BCUT2D eigenvalue weighted by atomic mass is 9.86. The lowest BCUT2D eigenvalue weighted by molar-refractivity contribution is -0.121. The maximum absolute atomic E-state index is 13.7. The van der Waals surface area contributed by atoms with Crippen molar-refractivity contribution in [1.82, 2.24) is 5.32 Å². The van der Waals surface area contributed by atoms with Crippen molar-refractivity contribution in [3.8, 4) is 0 Å². The molecule has 0 aliphatic carbocycles. The molecule has 2 heterocycles. The molecule has 5 nitrogen and oxygen atoms in total. The van der Waals surface area contributed by atoms with Crippen LogP contribution in [0.1, 0.15) is 55.0 Å². The fourth-order valence-corrected chi connectivity index (χ4v) is 4.43. The average molecular weight is 464 g/mol. The van der Waals surface area contributed by atoms with Gasteiger partial charge in [0.2, 0.25) is 5.91 Å². The number of halogens is 1. The molecule has 2 aromatic carbocycles. The standard InChI is InChI=1S/C28H30FNO4/c1-16-19(10-11-24(31)30-13-12-18-8-6-7-9-23(18)29)27(32)34-26-17(2)25-21(14-20(16)26)22(15-33-25)28(3,4)5/h6-9,14-15H,10-13H2,1-5H3,(H,30,31). The molecule has 0 saturated carbocycles. The highest BCUT2D eigenvalue weighted by molar-refractivity contribution is 6.00. The molecule has 1 amide bonds. The Morgan fingerprint density at radius 2 is 1.76 bits per heavy atom. The molecule has 0 unspecified atom stereocenters. The lowest BCUT2D eigenvalue weighted by Gasteiger charge is -2.17. The average Bonchev–Trinajstić information content (AvgIpc) is 3.21. The van der Waals surface area contributed by atoms with Gasteiger partial charge in [-0.15, -0.1) is 0 Å². The minimum atomic E-state index is -0.436. The number of aryl methyl sites for hydroxylation is 2. The third-order valence-corrected chi connectivity index (χ3v) is 6.43. The van der Waals surface area contributed by atoms with Gasteiger partial charge in [0, 0.05) is 40.4 Å². The molecule has 0 spiro atoms. The van der Waals surface area contributed by atoms with Gasteiger partial charge in [0.05, 0.1) is 6.26 Å².